The summed E-state index contributed by atoms with van der Waals surface area (Å²) in [5.74, 6) is -0.206. The van der Waals surface area contributed by atoms with Crippen LogP contribution in [0.4, 0.5) is 0 Å². The van der Waals surface area contributed by atoms with Gasteiger partial charge in [-0.05, 0) is 18.8 Å². The van der Waals surface area contributed by atoms with Gasteiger partial charge in [-0.15, -0.1) is 0 Å². The smallest absolute Gasteiger partial charge is 0.303 e. The van der Waals surface area contributed by atoms with Crippen molar-refractivity contribution in [2.24, 2.45) is 11.7 Å². The number of rotatable bonds is 5. The summed E-state index contributed by atoms with van der Waals surface area (Å²) in [4.78, 5) is 10.1. The van der Waals surface area contributed by atoms with Crippen molar-refractivity contribution in [2.45, 2.75) is 39.2 Å². The van der Waals surface area contributed by atoms with Crippen LogP contribution in [-0.4, -0.2) is 17.1 Å². The minimum absolute atomic E-state index is 0.0473. The first-order valence-corrected chi connectivity index (χ1v) is 3.99. The van der Waals surface area contributed by atoms with Crippen LogP contribution < -0.4 is 5.73 Å². The van der Waals surface area contributed by atoms with Gasteiger partial charge in [0, 0.05) is 12.5 Å². The zero-order valence-corrected chi connectivity index (χ0v) is 7.21. The van der Waals surface area contributed by atoms with E-state index in [2.05, 4.69) is 13.8 Å². The summed E-state index contributed by atoms with van der Waals surface area (Å²) in [6.07, 6.45) is 1.69. The molecule has 0 aromatic rings. The van der Waals surface area contributed by atoms with Gasteiger partial charge in [-0.1, -0.05) is 13.8 Å². The van der Waals surface area contributed by atoms with Gasteiger partial charge in [0.05, 0.1) is 0 Å². The monoisotopic (exact) mass is 159 g/mol. The Morgan fingerprint density at radius 3 is 2.45 bits per heavy atom. The maximum Gasteiger partial charge on any atom is 0.303 e. The summed E-state index contributed by atoms with van der Waals surface area (Å²) in [5.41, 5.74) is 5.66. The molecule has 3 N–H and O–H groups in total. The van der Waals surface area contributed by atoms with Crippen LogP contribution in [0.25, 0.3) is 0 Å². The molecule has 0 unspecified atom stereocenters. The van der Waals surface area contributed by atoms with Crippen LogP contribution in [0.5, 0.6) is 0 Å². The Morgan fingerprint density at radius 1 is 1.55 bits per heavy atom. The number of carbonyl (C=O) groups is 1. The van der Waals surface area contributed by atoms with Gasteiger partial charge in [-0.3, -0.25) is 4.79 Å². The Labute approximate surface area is 67.6 Å². The molecule has 0 heterocycles. The van der Waals surface area contributed by atoms with E-state index in [0.717, 1.165) is 6.42 Å². The second-order valence-electron chi connectivity index (χ2n) is 3.32. The van der Waals surface area contributed by atoms with Gasteiger partial charge in [0.2, 0.25) is 0 Å². The summed E-state index contributed by atoms with van der Waals surface area (Å²) in [5, 5.41) is 8.34. The van der Waals surface area contributed by atoms with Crippen LogP contribution in [0.2, 0.25) is 0 Å². The molecule has 0 saturated carbocycles. The van der Waals surface area contributed by atoms with Gasteiger partial charge in [-0.2, -0.15) is 0 Å². The summed E-state index contributed by atoms with van der Waals surface area (Å²) >= 11 is 0. The van der Waals surface area contributed by atoms with Crippen molar-refractivity contribution in [1.29, 1.82) is 0 Å². The van der Waals surface area contributed by atoms with E-state index in [1.807, 2.05) is 0 Å². The van der Waals surface area contributed by atoms with Crippen molar-refractivity contribution < 1.29 is 9.90 Å². The fourth-order valence-corrected chi connectivity index (χ4v) is 1.03. The van der Waals surface area contributed by atoms with Crippen LogP contribution >= 0.6 is 0 Å². The van der Waals surface area contributed by atoms with Crippen molar-refractivity contribution >= 4 is 5.97 Å². The molecule has 0 saturated heterocycles. The summed E-state index contributed by atoms with van der Waals surface area (Å²) in [6.45, 7) is 4.17. The van der Waals surface area contributed by atoms with E-state index in [1.54, 1.807) is 0 Å². The predicted molar refractivity (Wildman–Crippen MR) is 44.3 cm³/mol. The molecule has 0 radical (unpaired) electrons. The summed E-state index contributed by atoms with van der Waals surface area (Å²) in [7, 11) is 0. The Balaban J connectivity index is 3.37. The molecule has 0 rings (SSSR count). The van der Waals surface area contributed by atoms with Gasteiger partial charge in [-0.25, -0.2) is 0 Å². The van der Waals surface area contributed by atoms with Crippen LogP contribution in [0.15, 0.2) is 0 Å². The lowest BCUT2D eigenvalue weighted by molar-refractivity contribution is -0.137. The van der Waals surface area contributed by atoms with Crippen molar-refractivity contribution in [2.75, 3.05) is 0 Å². The van der Waals surface area contributed by atoms with Crippen molar-refractivity contribution in [1.82, 2.24) is 0 Å². The highest BCUT2D eigenvalue weighted by Crippen LogP contribution is 2.06. The van der Waals surface area contributed by atoms with Gasteiger partial charge >= 0.3 is 5.97 Å². The van der Waals surface area contributed by atoms with E-state index in [1.165, 1.54) is 0 Å². The quantitative estimate of drug-likeness (QED) is 0.634. The molecular weight excluding hydrogens is 142 g/mol. The van der Waals surface area contributed by atoms with Crippen LogP contribution in [0, 0.1) is 5.92 Å². The molecular formula is C8H17NO2. The topological polar surface area (TPSA) is 63.3 Å². The molecule has 0 spiro atoms. The number of nitrogens with two attached hydrogens (primary N) is 1. The Kier molecular flexibility index (Phi) is 4.86. The van der Waals surface area contributed by atoms with E-state index in [9.17, 15) is 4.79 Å². The minimum Gasteiger partial charge on any atom is -0.481 e. The molecule has 11 heavy (non-hydrogen) atoms. The molecule has 3 heteroatoms. The van der Waals surface area contributed by atoms with Crippen LogP contribution in [-0.2, 0) is 4.79 Å². The molecule has 0 bridgehead atoms. The first-order chi connectivity index (χ1) is 5.02. The van der Waals surface area contributed by atoms with Crippen molar-refractivity contribution in [3.8, 4) is 0 Å². The van der Waals surface area contributed by atoms with E-state index in [-0.39, 0.29) is 12.5 Å². The first-order valence-electron chi connectivity index (χ1n) is 3.99. The molecule has 0 aromatic heterocycles. The van der Waals surface area contributed by atoms with Gasteiger partial charge in [0.15, 0.2) is 0 Å². The highest BCUT2D eigenvalue weighted by molar-refractivity contribution is 5.66. The molecule has 0 amide bonds. The number of aliphatic carboxylic acids is 1. The zero-order valence-electron chi connectivity index (χ0n) is 7.21. The maximum atomic E-state index is 10.1. The maximum absolute atomic E-state index is 10.1. The van der Waals surface area contributed by atoms with E-state index in [0.29, 0.717) is 12.3 Å². The lowest BCUT2D eigenvalue weighted by Crippen LogP contribution is -2.22. The van der Waals surface area contributed by atoms with Gasteiger partial charge in [0.1, 0.15) is 0 Å². The van der Waals surface area contributed by atoms with Gasteiger partial charge < -0.3 is 10.8 Å². The Morgan fingerprint density at radius 2 is 2.09 bits per heavy atom. The number of carboxylic acids is 1. The second-order valence-corrected chi connectivity index (χ2v) is 3.32. The molecule has 1 atom stereocenters. The minimum atomic E-state index is -0.760. The Bertz CT molecular complexity index is 123. The van der Waals surface area contributed by atoms with E-state index in [4.69, 9.17) is 10.8 Å². The lowest BCUT2D eigenvalue weighted by atomic mass is 10.0. The number of hydrogen-bond donors (Lipinski definition) is 2. The molecule has 0 aromatic carbocycles. The van der Waals surface area contributed by atoms with Crippen LogP contribution in [0.3, 0.4) is 0 Å². The van der Waals surface area contributed by atoms with Gasteiger partial charge in [0.25, 0.3) is 0 Å². The third kappa shape index (κ3) is 7.33. The Hall–Kier alpha value is -0.570. The highest BCUT2D eigenvalue weighted by atomic mass is 16.4. The SMILES string of the molecule is CC(C)C[C@@H](N)CCC(=O)O. The lowest BCUT2D eigenvalue weighted by Gasteiger charge is -2.11. The zero-order chi connectivity index (χ0) is 8.85. The second kappa shape index (κ2) is 5.13. The third-order valence-electron chi connectivity index (χ3n) is 1.50. The van der Waals surface area contributed by atoms with Crippen molar-refractivity contribution in [3.05, 3.63) is 0 Å². The van der Waals surface area contributed by atoms with E-state index >= 15 is 0 Å². The third-order valence-corrected chi connectivity index (χ3v) is 1.50. The molecule has 66 valence electrons. The summed E-state index contributed by atoms with van der Waals surface area (Å²) in [6, 6.07) is 0.0473. The van der Waals surface area contributed by atoms with E-state index < -0.39 is 5.97 Å². The first kappa shape index (κ1) is 10.4. The standard InChI is InChI=1S/C8H17NO2/c1-6(2)5-7(9)3-4-8(10)11/h6-7H,3-5,9H2,1-2H3,(H,10,11)/t7-/m0/s1. The summed E-state index contributed by atoms with van der Waals surface area (Å²) < 4.78 is 0. The molecule has 0 aliphatic carbocycles. The molecule has 0 aliphatic heterocycles. The average molecular weight is 159 g/mol. The predicted octanol–water partition coefficient (Wildman–Crippen LogP) is 1.22. The molecule has 0 fully saturated rings. The average Bonchev–Trinajstić information content (AvgIpc) is 1.82. The number of hydrogen-bond acceptors (Lipinski definition) is 2. The fraction of sp³-hybridized carbons (Fsp3) is 0.875. The largest absolute Gasteiger partial charge is 0.481 e. The van der Waals surface area contributed by atoms with Crippen LogP contribution in [0.1, 0.15) is 33.1 Å². The highest BCUT2D eigenvalue weighted by Gasteiger charge is 2.07. The number of carboxylic acid groups (broad SMARTS) is 1. The van der Waals surface area contributed by atoms with Crippen molar-refractivity contribution in [3.63, 3.8) is 0 Å². The normalized spacial score (nSPS) is 13.5. The molecule has 3 nitrogen and oxygen atoms in total. The molecule has 0 aliphatic rings. The fourth-order valence-electron chi connectivity index (χ4n) is 1.03.